The predicted octanol–water partition coefficient (Wildman–Crippen LogP) is 3.26. The first-order chi connectivity index (χ1) is 13.9. The minimum atomic E-state index is -0.622. The van der Waals surface area contributed by atoms with E-state index in [9.17, 15) is 9.59 Å². The van der Waals surface area contributed by atoms with Crippen LogP contribution in [-0.4, -0.2) is 43.0 Å². The fraction of sp³-hybridized carbons (Fsp3) is 0.391. The number of para-hydroxylation sites is 1. The van der Waals surface area contributed by atoms with Crippen LogP contribution >= 0.6 is 0 Å². The number of nitrogens with zero attached hydrogens (tertiary/aromatic N) is 1. The van der Waals surface area contributed by atoms with E-state index in [0.717, 1.165) is 11.3 Å². The van der Waals surface area contributed by atoms with Crippen molar-refractivity contribution in [2.45, 2.75) is 33.4 Å². The van der Waals surface area contributed by atoms with E-state index in [1.54, 1.807) is 31.1 Å². The van der Waals surface area contributed by atoms with Crippen LogP contribution in [0.2, 0.25) is 0 Å². The fourth-order valence-corrected chi connectivity index (χ4v) is 2.71. The molecule has 0 aromatic heterocycles. The molecule has 0 radical (unpaired) electrons. The molecule has 0 saturated heterocycles. The van der Waals surface area contributed by atoms with Gasteiger partial charge in [-0.25, -0.2) is 0 Å². The molecule has 0 spiro atoms. The topological polar surface area (TPSA) is 67.9 Å². The lowest BCUT2D eigenvalue weighted by Gasteiger charge is -2.29. The van der Waals surface area contributed by atoms with Gasteiger partial charge in [0.2, 0.25) is 5.91 Å². The Morgan fingerprint density at radius 3 is 2.21 bits per heavy atom. The van der Waals surface area contributed by atoms with Crippen LogP contribution in [-0.2, 0) is 16.1 Å². The van der Waals surface area contributed by atoms with E-state index in [1.807, 2.05) is 56.3 Å². The molecule has 29 heavy (non-hydrogen) atoms. The maximum absolute atomic E-state index is 12.9. The Bertz CT molecular complexity index is 775. The molecule has 2 aromatic rings. The summed E-state index contributed by atoms with van der Waals surface area (Å²) in [4.78, 5) is 27.1. The molecule has 6 heteroatoms. The van der Waals surface area contributed by atoms with E-state index in [2.05, 4.69) is 5.32 Å². The van der Waals surface area contributed by atoms with E-state index < -0.39 is 6.04 Å². The predicted molar refractivity (Wildman–Crippen MR) is 113 cm³/mol. The van der Waals surface area contributed by atoms with Gasteiger partial charge in [0.05, 0.1) is 7.11 Å². The number of carbonyl (C=O) groups excluding carboxylic acids is 2. The molecule has 0 saturated carbocycles. The Labute approximate surface area is 172 Å². The molecule has 0 aliphatic rings. The molecule has 2 rings (SSSR count). The van der Waals surface area contributed by atoms with Crippen LogP contribution < -0.4 is 14.8 Å². The van der Waals surface area contributed by atoms with Crippen LogP contribution in [0.3, 0.4) is 0 Å². The van der Waals surface area contributed by atoms with Crippen molar-refractivity contribution in [3.05, 3.63) is 60.2 Å². The van der Waals surface area contributed by atoms with Crippen molar-refractivity contribution in [1.82, 2.24) is 10.2 Å². The molecule has 0 aliphatic carbocycles. The van der Waals surface area contributed by atoms with Crippen molar-refractivity contribution >= 4 is 11.8 Å². The van der Waals surface area contributed by atoms with Crippen molar-refractivity contribution < 1.29 is 19.1 Å². The standard InChI is InChI=1S/C23H30N2O4/c1-17(2)14-24-23(27)18(3)25(15-19-10-12-20(28-4)13-11-19)22(26)16-29-21-8-6-5-7-9-21/h5-13,17-18H,14-16H2,1-4H3,(H,24,27)/t18-/m0/s1. The number of nitrogens with one attached hydrogen (secondary N) is 1. The summed E-state index contributed by atoms with van der Waals surface area (Å²) in [6, 6.07) is 16.0. The Balaban J connectivity index is 2.11. The number of methoxy groups -OCH3 is 1. The van der Waals surface area contributed by atoms with E-state index in [-0.39, 0.29) is 18.4 Å². The van der Waals surface area contributed by atoms with Crippen molar-refractivity contribution in [2.24, 2.45) is 5.92 Å². The van der Waals surface area contributed by atoms with Crippen molar-refractivity contribution in [2.75, 3.05) is 20.3 Å². The van der Waals surface area contributed by atoms with Crippen molar-refractivity contribution in [1.29, 1.82) is 0 Å². The molecule has 0 aliphatic heterocycles. The Morgan fingerprint density at radius 1 is 0.966 bits per heavy atom. The van der Waals surface area contributed by atoms with Gasteiger partial charge >= 0.3 is 0 Å². The number of amides is 2. The number of ether oxygens (including phenoxy) is 2. The van der Waals surface area contributed by atoms with E-state index in [1.165, 1.54) is 0 Å². The molecule has 1 atom stereocenters. The SMILES string of the molecule is COc1ccc(CN(C(=O)COc2ccccc2)[C@@H](C)C(=O)NCC(C)C)cc1. The van der Waals surface area contributed by atoms with Crippen LogP contribution in [0.4, 0.5) is 0 Å². The van der Waals surface area contributed by atoms with Gasteiger partial charge in [-0.1, -0.05) is 44.2 Å². The minimum absolute atomic E-state index is 0.137. The number of hydrogen-bond donors (Lipinski definition) is 1. The third kappa shape index (κ3) is 7.14. The number of hydrogen-bond acceptors (Lipinski definition) is 4. The highest BCUT2D eigenvalue weighted by molar-refractivity contribution is 5.87. The lowest BCUT2D eigenvalue weighted by Crippen LogP contribution is -2.49. The van der Waals surface area contributed by atoms with Crippen LogP contribution in [0.25, 0.3) is 0 Å². The lowest BCUT2D eigenvalue weighted by molar-refractivity contribution is -0.142. The zero-order chi connectivity index (χ0) is 21.2. The largest absolute Gasteiger partial charge is 0.497 e. The Hall–Kier alpha value is -3.02. The molecule has 156 valence electrons. The first-order valence-corrected chi connectivity index (χ1v) is 9.78. The zero-order valence-corrected chi connectivity index (χ0v) is 17.6. The van der Waals surface area contributed by atoms with Gasteiger partial charge in [-0.3, -0.25) is 9.59 Å². The van der Waals surface area contributed by atoms with Gasteiger partial charge in [0.1, 0.15) is 17.5 Å². The van der Waals surface area contributed by atoms with Crippen molar-refractivity contribution in [3.8, 4) is 11.5 Å². The van der Waals surface area contributed by atoms with Gasteiger partial charge < -0.3 is 19.7 Å². The monoisotopic (exact) mass is 398 g/mol. The van der Waals surface area contributed by atoms with Gasteiger partial charge in [0, 0.05) is 13.1 Å². The summed E-state index contributed by atoms with van der Waals surface area (Å²) in [6.07, 6.45) is 0. The van der Waals surface area contributed by atoms with Crippen LogP contribution in [0.1, 0.15) is 26.3 Å². The third-order valence-corrected chi connectivity index (χ3v) is 4.47. The highest BCUT2D eigenvalue weighted by atomic mass is 16.5. The maximum Gasteiger partial charge on any atom is 0.261 e. The maximum atomic E-state index is 12.9. The summed E-state index contributed by atoms with van der Waals surface area (Å²) in [5, 5.41) is 2.90. The van der Waals surface area contributed by atoms with Crippen LogP contribution in [0.15, 0.2) is 54.6 Å². The quantitative estimate of drug-likeness (QED) is 0.667. The number of benzene rings is 2. The molecule has 2 amide bonds. The molecule has 6 nitrogen and oxygen atoms in total. The smallest absolute Gasteiger partial charge is 0.261 e. The van der Waals surface area contributed by atoms with Crippen LogP contribution in [0, 0.1) is 5.92 Å². The highest BCUT2D eigenvalue weighted by Crippen LogP contribution is 2.16. The van der Waals surface area contributed by atoms with E-state index >= 15 is 0 Å². The molecule has 0 bridgehead atoms. The molecule has 0 heterocycles. The second kappa shape index (κ2) is 11.1. The Kier molecular flexibility index (Phi) is 8.52. The molecule has 1 N–H and O–H groups in total. The van der Waals surface area contributed by atoms with Gasteiger partial charge in [0.15, 0.2) is 6.61 Å². The zero-order valence-electron chi connectivity index (χ0n) is 17.6. The summed E-state index contributed by atoms with van der Waals surface area (Å²) in [5.74, 6) is 1.25. The van der Waals surface area contributed by atoms with Gasteiger partial charge in [-0.2, -0.15) is 0 Å². The first kappa shape index (κ1) is 22.3. The second-order valence-electron chi connectivity index (χ2n) is 7.29. The van der Waals surface area contributed by atoms with Crippen molar-refractivity contribution in [3.63, 3.8) is 0 Å². The summed E-state index contributed by atoms with van der Waals surface area (Å²) in [5.41, 5.74) is 0.905. The normalized spacial score (nSPS) is 11.6. The minimum Gasteiger partial charge on any atom is -0.497 e. The summed E-state index contributed by atoms with van der Waals surface area (Å²) >= 11 is 0. The van der Waals surface area contributed by atoms with Gasteiger partial charge in [-0.05, 0) is 42.7 Å². The summed E-state index contributed by atoms with van der Waals surface area (Å²) < 4.78 is 10.8. The molecule has 0 unspecified atom stereocenters. The summed E-state index contributed by atoms with van der Waals surface area (Å²) in [6.45, 7) is 6.52. The molecular weight excluding hydrogens is 368 g/mol. The number of rotatable bonds is 10. The molecule has 2 aromatic carbocycles. The highest BCUT2D eigenvalue weighted by Gasteiger charge is 2.26. The fourth-order valence-electron chi connectivity index (χ4n) is 2.71. The molecule has 0 fully saturated rings. The summed E-state index contributed by atoms with van der Waals surface area (Å²) in [7, 11) is 1.60. The van der Waals surface area contributed by atoms with Gasteiger partial charge in [0.25, 0.3) is 5.91 Å². The van der Waals surface area contributed by atoms with E-state index in [0.29, 0.717) is 24.8 Å². The van der Waals surface area contributed by atoms with E-state index in [4.69, 9.17) is 9.47 Å². The van der Waals surface area contributed by atoms with Crippen LogP contribution in [0.5, 0.6) is 11.5 Å². The van der Waals surface area contributed by atoms with Gasteiger partial charge in [-0.15, -0.1) is 0 Å². The number of carbonyl (C=O) groups is 2. The Morgan fingerprint density at radius 2 is 1.62 bits per heavy atom. The first-order valence-electron chi connectivity index (χ1n) is 9.78. The average molecular weight is 399 g/mol. The third-order valence-electron chi connectivity index (χ3n) is 4.47. The lowest BCUT2D eigenvalue weighted by atomic mass is 10.1. The molecular formula is C23H30N2O4. The average Bonchev–Trinajstić information content (AvgIpc) is 2.74. The second-order valence-corrected chi connectivity index (χ2v) is 7.29.